The highest BCUT2D eigenvalue weighted by molar-refractivity contribution is 7.89. The van der Waals surface area contributed by atoms with E-state index in [2.05, 4.69) is 25.7 Å². The minimum Gasteiger partial charge on any atom is -0.381 e. The van der Waals surface area contributed by atoms with Crippen LogP contribution in [0.1, 0.15) is 28.0 Å². The molecule has 1 aromatic heterocycles. The number of hydrogen-bond acceptors (Lipinski definition) is 8. The first-order valence-electron chi connectivity index (χ1n) is 14.1. The Balaban J connectivity index is 1.39. The third-order valence-corrected chi connectivity index (χ3v) is 9.56. The summed E-state index contributed by atoms with van der Waals surface area (Å²) in [5, 5.41) is 12.7. The van der Waals surface area contributed by atoms with Crippen LogP contribution in [0.25, 0.3) is 0 Å². The molecule has 0 spiro atoms. The highest BCUT2D eigenvalue weighted by Crippen LogP contribution is 2.31. The summed E-state index contributed by atoms with van der Waals surface area (Å²) in [6, 6.07) is 7.27. The van der Waals surface area contributed by atoms with Crippen molar-refractivity contribution in [3.8, 4) is 0 Å². The van der Waals surface area contributed by atoms with Gasteiger partial charge in [0.25, 0.3) is 5.91 Å². The first-order chi connectivity index (χ1) is 20.9. The van der Waals surface area contributed by atoms with Crippen molar-refractivity contribution < 1.29 is 31.5 Å². The molecule has 3 aromatic rings. The molecule has 1 fully saturated rings. The molecule has 0 radical (unpaired) electrons. The lowest BCUT2D eigenvalue weighted by atomic mass is 10.1. The molecule has 15 heteroatoms. The standard InChI is InChI=1S/C29H35F2N7O5S/c1-36(2)9-10-37(3)21-4-5-23(26(15-21)32-28(39)18-7-11-43-17-18)29(40)33-27-24-16-38(8-6-25(24)34-35-27)44(41,42)22-13-19(30)12-20(31)14-22/h4-5,12-15,18H,6-11,16-17H2,1-3H3,(H,32,39)(H2,33,34,35,40). The summed E-state index contributed by atoms with van der Waals surface area (Å²) in [5.74, 6) is -3.04. The van der Waals surface area contributed by atoms with Gasteiger partial charge in [0.2, 0.25) is 15.9 Å². The predicted molar refractivity (Wildman–Crippen MR) is 160 cm³/mol. The Hall–Kier alpha value is -3.92. The summed E-state index contributed by atoms with van der Waals surface area (Å²) in [6.07, 6.45) is 0.824. The first kappa shape index (κ1) is 31.5. The third-order valence-electron chi connectivity index (χ3n) is 7.73. The van der Waals surface area contributed by atoms with E-state index in [0.717, 1.165) is 28.7 Å². The normalized spacial score (nSPS) is 17.0. The van der Waals surface area contributed by atoms with E-state index in [1.54, 1.807) is 18.2 Å². The van der Waals surface area contributed by atoms with Gasteiger partial charge in [-0.05, 0) is 50.8 Å². The number of likely N-dealkylation sites (N-methyl/N-ethyl adjacent to an activating group) is 2. The SMILES string of the molecule is CN(C)CCN(C)c1ccc(C(=O)Nc2n[nH]c3c2CN(S(=O)(=O)c2cc(F)cc(F)c2)CC3)c(NC(=O)C2CCOC2)c1. The van der Waals surface area contributed by atoms with Crippen LogP contribution < -0.4 is 15.5 Å². The molecular weight excluding hydrogens is 596 g/mol. The largest absolute Gasteiger partial charge is 0.381 e. The maximum Gasteiger partial charge on any atom is 0.258 e. The first-order valence-corrected chi connectivity index (χ1v) is 15.6. The summed E-state index contributed by atoms with van der Waals surface area (Å²) in [4.78, 5) is 30.2. The lowest BCUT2D eigenvalue weighted by molar-refractivity contribution is -0.119. The smallest absolute Gasteiger partial charge is 0.258 e. The van der Waals surface area contributed by atoms with Crippen LogP contribution in [0.3, 0.4) is 0 Å². The summed E-state index contributed by atoms with van der Waals surface area (Å²) in [7, 11) is 1.62. The summed E-state index contributed by atoms with van der Waals surface area (Å²) in [6.45, 7) is 2.17. The number of benzene rings is 2. The Morgan fingerprint density at radius 2 is 1.84 bits per heavy atom. The average Bonchev–Trinajstić information content (AvgIpc) is 3.66. The second kappa shape index (κ2) is 13.0. The van der Waals surface area contributed by atoms with Crippen molar-refractivity contribution in [3.05, 3.63) is 64.9 Å². The Morgan fingerprint density at radius 3 is 2.52 bits per heavy atom. The lowest BCUT2D eigenvalue weighted by Gasteiger charge is -2.26. The number of halogens is 2. The Morgan fingerprint density at radius 1 is 1.09 bits per heavy atom. The van der Waals surface area contributed by atoms with Gasteiger partial charge in [-0.3, -0.25) is 14.7 Å². The Labute approximate surface area is 254 Å². The van der Waals surface area contributed by atoms with Crippen LogP contribution in [-0.2, 0) is 32.5 Å². The number of hydrogen-bond donors (Lipinski definition) is 3. The number of ether oxygens (including phenoxy) is 1. The maximum absolute atomic E-state index is 13.8. The van der Waals surface area contributed by atoms with E-state index in [0.29, 0.717) is 49.2 Å². The summed E-state index contributed by atoms with van der Waals surface area (Å²) < 4.78 is 60.5. The summed E-state index contributed by atoms with van der Waals surface area (Å²) >= 11 is 0. The van der Waals surface area contributed by atoms with Gasteiger partial charge in [-0.15, -0.1) is 0 Å². The van der Waals surface area contributed by atoms with Gasteiger partial charge in [0.05, 0.1) is 28.7 Å². The van der Waals surface area contributed by atoms with Crippen LogP contribution in [-0.4, -0.2) is 93.6 Å². The van der Waals surface area contributed by atoms with Gasteiger partial charge in [-0.25, -0.2) is 17.2 Å². The van der Waals surface area contributed by atoms with E-state index in [4.69, 9.17) is 4.74 Å². The van der Waals surface area contributed by atoms with Gasteiger partial charge in [0.1, 0.15) is 11.6 Å². The molecule has 2 aliphatic heterocycles. The van der Waals surface area contributed by atoms with Crippen molar-refractivity contribution in [1.29, 1.82) is 0 Å². The minimum atomic E-state index is -4.24. The molecule has 3 N–H and O–H groups in total. The maximum atomic E-state index is 13.8. The predicted octanol–water partition coefficient (Wildman–Crippen LogP) is 2.66. The molecule has 5 rings (SSSR count). The van der Waals surface area contributed by atoms with E-state index >= 15 is 0 Å². The quantitative estimate of drug-likeness (QED) is 0.311. The van der Waals surface area contributed by atoms with Gasteiger partial charge < -0.3 is 25.2 Å². The van der Waals surface area contributed by atoms with Gasteiger partial charge in [-0.1, -0.05) is 0 Å². The second-order valence-electron chi connectivity index (χ2n) is 11.2. The molecular formula is C29H35F2N7O5S. The molecule has 1 unspecified atom stereocenters. The van der Waals surface area contributed by atoms with E-state index in [9.17, 15) is 26.8 Å². The number of carbonyl (C=O) groups is 2. The molecule has 3 heterocycles. The van der Waals surface area contributed by atoms with E-state index in [1.165, 1.54) is 0 Å². The number of aromatic nitrogens is 2. The molecule has 0 aliphatic carbocycles. The lowest BCUT2D eigenvalue weighted by Crippen LogP contribution is -2.36. The number of sulfonamides is 1. The molecule has 236 valence electrons. The number of amides is 2. The van der Waals surface area contributed by atoms with Crippen LogP contribution >= 0.6 is 0 Å². The zero-order valence-corrected chi connectivity index (χ0v) is 25.5. The molecule has 2 aliphatic rings. The van der Waals surface area contributed by atoms with E-state index in [1.807, 2.05) is 26.0 Å². The van der Waals surface area contributed by atoms with Crippen molar-refractivity contribution in [2.24, 2.45) is 5.92 Å². The molecule has 12 nitrogen and oxygen atoms in total. The molecule has 1 atom stereocenters. The fourth-order valence-corrected chi connectivity index (χ4v) is 6.56. The van der Waals surface area contributed by atoms with Crippen molar-refractivity contribution in [1.82, 2.24) is 19.4 Å². The number of anilines is 3. The molecule has 2 aromatic carbocycles. The van der Waals surface area contributed by atoms with Crippen molar-refractivity contribution in [3.63, 3.8) is 0 Å². The molecule has 0 bridgehead atoms. The van der Waals surface area contributed by atoms with Gasteiger partial charge in [0.15, 0.2) is 5.82 Å². The number of carbonyl (C=O) groups excluding carboxylic acids is 2. The zero-order valence-electron chi connectivity index (χ0n) is 24.7. The fourth-order valence-electron chi connectivity index (χ4n) is 5.11. The van der Waals surface area contributed by atoms with Gasteiger partial charge in [0, 0.05) is 69.3 Å². The van der Waals surface area contributed by atoms with Gasteiger partial charge >= 0.3 is 0 Å². The van der Waals surface area contributed by atoms with E-state index < -0.39 is 32.5 Å². The Kier molecular flexibility index (Phi) is 9.29. The highest BCUT2D eigenvalue weighted by atomic mass is 32.2. The number of fused-ring (bicyclic) bond motifs is 1. The van der Waals surface area contributed by atoms with E-state index in [-0.39, 0.29) is 42.7 Å². The molecule has 2 amide bonds. The van der Waals surface area contributed by atoms with Crippen LogP contribution in [0, 0.1) is 17.6 Å². The van der Waals surface area contributed by atoms with Crippen molar-refractivity contribution in [2.75, 3.05) is 69.5 Å². The third kappa shape index (κ3) is 6.90. The minimum absolute atomic E-state index is 0.0485. The number of nitrogens with zero attached hydrogens (tertiary/aromatic N) is 4. The number of rotatable bonds is 10. The number of aromatic amines is 1. The van der Waals surface area contributed by atoms with Crippen LogP contribution in [0.15, 0.2) is 41.3 Å². The molecule has 44 heavy (non-hydrogen) atoms. The highest BCUT2D eigenvalue weighted by Gasteiger charge is 2.33. The molecule has 0 saturated carbocycles. The Bertz CT molecular complexity index is 1640. The zero-order chi connectivity index (χ0) is 31.6. The summed E-state index contributed by atoms with van der Waals surface area (Å²) in [5.41, 5.74) is 2.36. The monoisotopic (exact) mass is 631 g/mol. The van der Waals surface area contributed by atoms with Gasteiger partial charge in [-0.2, -0.15) is 9.40 Å². The average molecular weight is 632 g/mol. The van der Waals surface area contributed by atoms with Crippen molar-refractivity contribution in [2.45, 2.75) is 24.3 Å². The van der Waals surface area contributed by atoms with Crippen LogP contribution in [0.5, 0.6) is 0 Å². The molecule has 1 saturated heterocycles. The second-order valence-corrected chi connectivity index (χ2v) is 13.1. The van der Waals surface area contributed by atoms with Crippen LogP contribution in [0.4, 0.5) is 26.0 Å². The number of H-pyrrole nitrogens is 1. The van der Waals surface area contributed by atoms with Crippen molar-refractivity contribution >= 4 is 39.0 Å². The number of nitrogens with one attached hydrogen (secondary N) is 3. The fraction of sp³-hybridized carbons (Fsp3) is 0.414. The van der Waals surface area contributed by atoms with Crippen LogP contribution in [0.2, 0.25) is 0 Å². The topological polar surface area (TPSA) is 140 Å².